The number of likely N-dealkylation sites (tertiary alicyclic amines) is 1. The lowest BCUT2D eigenvalue weighted by Crippen LogP contribution is -2.25. The first-order chi connectivity index (χ1) is 15.7. The summed E-state index contributed by atoms with van der Waals surface area (Å²) in [6.45, 7) is 5.73. The van der Waals surface area contributed by atoms with Gasteiger partial charge in [0.05, 0.1) is 12.7 Å². The number of aliphatic carboxylic acids is 1. The second-order valence-electron chi connectivity index (χ2n) is 8.37. The fourth-order valence-corrected chi connectivity index (χ4v) is 4.54. The fraction of sp³-hybridized carbons (Fsp3) is 0.435. The number of nitrogens with zero attached hydrogens (tertiary/aromatic N) is 3. The topological polar surface area (TPSA) is 88.7 Å². The van der Waals surface area contributed by atoms with E-state index in [1.165, 1.54) is 16.3 Å². The summed E-state index contributed by atoms with van der Waals surface area (Å²) in [5.74, 6) is -0.286. The van der Waals surface area contributed by atoms with Crippen LogP contribution in [-0.4, -0.2) is 58.1 Å². The highest BCUT2D eigenvalue weighted by Gasteiger charge is 2.44. The minimum Gasteiger partial charge on any atom is -0.475 e. The second-order valence-corrected chi connectivity index (χ2v) is 8.37. The molecule has 5 rings (SSSR count). The Labute approximate surface area is 188 Å². The average Bonchev–Trinajstić information content (AvgIpc) is 3.45. The third-order valence-electron chi connectivity index (χ3n) is 6.04. The second kappa shape index (κ2) is 9.48. The van der Waals surface area contributed by atoms with Crippen molar-refractivity contribution < 1.29 is 32.3 Å². The number of ether oxygens (including phenoxy) is 1. The molecule has 2 aliphatic heterocycles. The van der Waals surface area contributed by atoms with Gasteiger partial charge in [0.15, 0.2) is 5.82 Å². The molecule has 1 aromatic heterocycles. The zero-order valence-electron chi connectivity index (χ0n) is 18.0. The van der Waals surface area contributed by atoms with E-state index in [0.29, 0.717) is 23.8 Å². The Kier molecular flexibility index (Phi) is 6.66. The molecule has 1 N–H and O–H groups in total. The summed E-state index contributed by atoms with van der Waals surface area (Å²) < 4.78 is 43.1. The molecule has 33 heavy (non-hydrogen) atoms. The Morgan fingerprint density at radius 2 is 1.91 bits per heavy atom. The summed E-state index contributed by atoms with van der Waals surface area (Å²) in [6.07, 6.45) is -3.93. The van der Waals surface area contributed by atoms with Crippen molar-refractivity contribution in [1.29, 1.82) is 0 Å². The maximum Gasteiger partial charge on any atom is 0.490 e. The maximum absolute atomic E-state index is 10.6. The molecule has 2 saturated heterocycles. The first-order valence-electron chi connectivity index (χ1n) is 10.6. The van der Waals surface area contributed by atoms with Gasteiger partial charge in [0, 0.05) is 32.0 Å². The zero-order valence-corrected chi connectivity index (χ0v) is 18.0. The van der Waals surface area contributed by atoms with Crippen LogP contribution >= 0.6 is 0 Å². The van der Waals surface area contributed by atoms with Crippen molar-refractivity contribution in [3.8, 4) is 0 Å². The number of halogens is 3. The van der Waals surface area contributed by atoms with Crippen LogP contribution in [-0.2, 0) is 22.5 Å². The molecular weight excluding hydrogens is 439 g/mol. The predicted molar refractivity (Wildman–Crippen MR) is 112 cm³/mol. The lowest BCUT2D eigenvalue weighted by atomic mass is 9.90. The van der Waals surface area contributed by atoms with Crippen LogP contribution in [0.25, 0.3) is 10.8 Å². The summed E-state index contributed by atoms with van der Waals surface area (Å²) in [5, 5.41) is 13.7. The van der Waals surface area contributed by atoms with Crippen LogP contribution in [0.15, 0.2) is 47.0 Å². The molecule has 0 unspecified atom stereocenters. The number of carboxylic acid groups (broad SMARTS) is 1. The SMILES string of the molecule is Cc1noc(C[C@H]2CO[C@@H]3CN(Cc4cccc5ccccc45)C[C@H]23)n1.O=C(O)C(F)(F)F. The van der Waals surface area contributed by atoms with Gasteiger partial charge < -0.3 is 14.4 Å². The standard InChI is InChI=1S/C21H23N3O2.C2HF3O2/c1-14-22-21(26-23-14)9-17-13-25-20-12-24(11-19(17)20)10-16-7-4-6-15-5-2-3-8-18(15)16;3-2(4,5)1(6)7/h2-8,17,19-20H,9-13H2,1H3;(H,6,7)/t17-,19+,20+;/m0./s1. The third-order valence-corrected chi connectivity index (χ3v) is 6.04. The van der Waals surface area contributed by atoms with Crippen LogP contribution in [0.4, 0.5) is 13.2 Å². The number of aromatic nitrogens is 2. The van der Waals surface area contributed by atoms with Crippen molar-refractivity contribution in [2.45, 2.75) is 32.2 Å². The minimum absolute atomic E-state index is 0.332. The van der Waals surface area contributed by atoms with Crippen molar-refractivity contribution in [2.75, 3.05) is 19.7 Å². The van der Waals surface area contributed by atoms with Crippen LogP contribution in [0.5, 0.6) is 0 Å². The van der Waals surface area contributed by atoms with Crippen LogP contribution in [0, 0.1) is 18.8 Å². The summed E-state index contributed by atoms with van der Waals surface area (Å²) >= 11 is 0. The van der Waals surface area contributed by atoms with Crippen molar-refractivity contribution >= 4 is 16.7 Å². The first-order valence-corrected chi connectivity index (χ1v) is 10.6. The highest BCUT2D eigenvalue weighted by Crippen LogP contribution is 2.36. The highest BCUT2D eigenvalue weighted by atomic mass is 19.4. The number of carbonyl (C=O) groups is 1. The summed E-state index contributed by atoms with van der Waals surface area (Å²) in [5.41, 5.74) is 1.40. The average molecular weight is 463 g/mol. The molecule has 0 bridgehead atoms. The Balaban J connectivity index is 0.000000325. The van der Waals surface area contributed by atoms with E-state index < -0.39 is 12.1 Å². The van der Waals surface area contributed by atoms with Gasteiger partial charge in [-0.3, -0.25) is 4.90 Å². The summed E-state index contributed by atoms with van der Waals surface area (Å²) in [6, 6.07) is 15.2. The van der Waals surface area contributed by atoms with Gasteiger partial charge in [0.2, 0.25) is 5.89 Å². The molecule has 0 amide bonds. The minimum atomic E-state index is -5.08. The molecule has 0 aliphatic carbocycles. The predicted octanol–water partition coefficient (Wildman–Crippen LogP) is 3.85. The number of hydrogen-bond donors (Lipinski definition) is 1. The summed E-state index contributed by atoms with van der Waals surface area (Å²) in [7, 11) is 0. The molecule has 0 spiro atoms. The van der Waals surface area contributed by atoms with Gasteiger partial charge in [-0.15, -0.1) is 0 Å². The van der Waals surface area contributed by atoms with Crippen LogP contribution in [0.3, 0.4) is 0 Å². The normalized spacial score (nSPS) is 22.7. The lowest BCUT2D eigenvalue weighted by Gasteiger charge is -2.19. The number of fused-ring (bicyclic) bond motifs is 2. The van der Waals surface area contributed by atoms with Gasteiger partial charge in [-0.05, 0) is 29.2 Å². The molecule has 3 heterocycles. The summed E-state index contributed by atoms with van der Waals surface area (Å²) in [4.78, 5) is 15.8. The Hall–Kier alpha value is -2.98. The Bertz CT molecular complexity index is 1110. The van der Waals surface area contributed by atoms with Crippen molar-refractivity contribution in [3.05, 3.63) is 59.7 Å². The number of hydrogen-bond acceptors (Lipinski definition) is 6. The molecule has 0 radical (unpaired) electrons. The van der Waals surface area contributed by atoms with E-state index in [0.717, 1.165) is 38.6 Å². The molecule has 7 nitrogen and oxygen atoms in total. The van der Waals surface area contributed by atoms with E-state index >= 15 is 0 Å². The quantitative estimate of drug-likeness (QED) is 0.629. The molecular formula is C23H24F3N3O4. The number of benzene rings is 2. The van der Waals surface area contributed by atoms with Crippen LogP contribution < -0.4 is 0 Å². The first kappa shape index (κ1) is 23.2. The van der Waals surface area contributed by atoms with E-state index in [1.807, 2.05) is 6.92 Å². The number of rotatable bonds is 4. The molecule has 3 atom stereocenters. The third kappa shape index (κ3) is 5.51. The maximum atomic E-state index is 10.6. The van der Waals surface area contributed by atoms with Crippen molar-refractivity contribution in [1.82, 2.24) is 15.0 Å². The molecule has 176 valence electrons. The Morgan fingerprint density at radius 1 is 1.18 bits per heavy atom. The fourth-order valence-electron chi connectivity index (χ4n) is 4.54. The van der Waals surface area contributed by atoms with Crippen molar-refractivity contribution in [2.24, 2.45) is 11.8 Å². The molecule has 10 heteroatoms. The van der Waals surface area contributed by atoms with Crippen molar-refractivity contribution in [3.63, 3.8) is 0 Å². The van der Waals surface area contributed by atoms with E-state index in [2.05, 4.69) is 57.5 Å². The van der Waals surface area contributed by atoms with Gasteiger partial charge >= 0.3 is 12.1 Å². The van der Waals surface area contributed by atoms with E-state index in [-0.39, 0.29) is 0 Å². The van der Waals surface area contributed by atoms with Gasteiger partial charge in [-0.2, -0.15) is 18.2 Å². The smallest absolute Gasteiger partial charge is 0.475 e. The highest BCUT2D eigenvalue weighted by molar-refractivity contribution is 5.85. The molecule has 2 fully saturated rings. The lowest BCUT2D eigenvalue weighted by molar-refractivity contribution is -0.192. The number of carboxylic acids is 1. The number of alkyl halides is 3. The molecule has 0 saturated carbocycles. The monoisotopic (exact) mass is 463 g/mol. The van der Waals surface area contributed by atoms with Crippen LogP contribution in [0.2, 0.25) is 0 Å². The van der Waals surface area contributed by atoms with E-state index in [1.54, 1.807) is 0 Å². The van der Waals surface area contributed by atoms with E-state index in [9.17, 15) is 13.2 Å². The Morgan fingerprint density at radius 3 is 2.61 bits per heavy atom. The van der Waals surface area contributed by atoms with Gasteiger partial charge in [0.25, 0.3) is 0 Å². The van der Waals surface area contributed by atoms with Gasteiger partial charge in [0.1, 0.15) is 0 Å². The van der Waals surface area contributed by atoms with Gasteiger partial charge in [-0.1, -0.05) is 47.6 Å². The molecule has 2 aromatic carbocycles. The number of aryl methyl sites for hydroxylation is 1. The van der Waals surface area contributed by atoms with E-state index in [4.69, 9.17) is 19.2 Å². The van der Waals surface area contributed by atoms with Gasteiger partial charge in [-0.25, -0.2) is 4.79 Å². The largest absolute Gasteiger partial charge is 0.490 e. The zero-order chi connectivity index (χ0) is 23.6. The molecule has 3 aromatic rings. The molecule has 2 aliphatic rings. The van der Waals surface area contributed by atoms with Crippen LogP contribution in [0.1, 0.15) is 17.3 Å².